The molecule has 0 saturated carbocycles. The monoisotopic (exact) mass is 361 g/mol. The molecule has 0 aliphatic heterocycles. The zero-order chi connectivity index (χ0) is 19.1. The van der Waals surface area contributed by atoms with Gasteiger partial charge in [0.1, 0.15) is 24.7 Å². The van der Waals surface area contributed by atoms with Gasteiger partial charge in [-0.2, -0.15) is 0 Å². The Morgan fingerprint density at radius 1 is 0.704 bits per heavy atom. The molecule has 0 bridgehead atoms. The molecule has 3 nitrogen and oxygen atoms in total. The van der Waals surface area contributed by atoms with Gasteiger partial charge in [-0.05, 0) is 61.7 Å². The minimum atomic E-state index is 0.522. The molecule has 3 aromatic rings. The van der Waals surface area contributed by atoms with E-state index in [0.717, 1.165) is 18.0 Å². The number of para-hydroxylation sites is 1. The summed E-state index contributed by atoms with van der Waals surface area (Å²) in [5.41, 5.74) is 6.31. The molecule has 0 saturated heterocycles. The highest BCUT2D eigenvalue weighted by Crippen LogP contribution is 2.23. The van der Waals surface area contributed by atoms with Crippen molar-refractivity contribution >= 4 is 5.69 Å². The third-order valence-electron chi connectivity index (χ3n) is 4.43. The predicted octanol–water partition coefficient (Wildman–Crippen LogP) is 5.68. The fourth-order valence-electron chi connectivity index (χ4n) is 3.19. The second-order valence-corrected chi connectivity index (χ2v) is 6.78. The van der Waals surface area contributed by atoms with E-state index >= 15 is 0 Å². The molecule has 0 fully saturated rings. The molecule has 0 atom stereocenters. The number of rotatable bonds is 8. The van der Waals surface area contributed by atoms with Crippen molar-refractivity contribution in [3.8, 4) is 11.5 Å². The van der Waals surface area contributed by atoms with Crippen LogP contribution in [0.3, 0.4) is 0 Å². The van der Waals surface area contributed by atoms with Gasteiger partial charge < -0.3 is 14.8 Å². The summed E-state index contributed by atoms with van der Waals surface area (Å²) in [6, 6.07) is 22.4. The van der Waals surface area contributed by atoms with E-state index in [2.05, 4.69) is 50.4 Å². The van der Waals surface area contributed by atoms with Crippen LogP contribution in [0.2, 0.25) is 0 Å². The maximum absolute atomic E-state index is 5.75. The van der Waals surface area contributed by atoms with Crippen molar-refractivity contribution < 1.29 is 9.47 Å². The van der Waals surface area contributed by atoms with Crippen LogP contribution in [0, 0.1) is 20.8 Å². The molecule has 3 heteroatoms. The van der Waals surface area contributed by atoms with Gasteiger partial charge in [0.15, 0.2) is 0 Å². The summed E-state index contributed by atoms with van der Waals surface area (Å²) in [4.78, 5) is 0. The Morgan fingerprint density at radius 3 is 1.85 bits per heavy atom. The van der Waals surface area contributed by atoms with Crippen molar-refractivity contribution in [2.75, 3.05) is 18.5 Å². The van der Waals surface area contributed by atoms with Crippen LogP contribution in [0.15, 0.2) is 66.7 Å². The molecule has 1 N–H and O–H groups in total. The lowest BCUT2D eigenvalue weighted by Gasteiger charge is -2.14. The summed E-state index contributed by atoms with van der Waals surface area (Å²) in [6.07, 6.45) is 0. The number of ether oxygens (including phenoxy) is 2. The summed E-state index contributed by atoms with van der Waals surface area (Å²) in [5.74, 6) is 1.72. The number of nitrogens with one attached hydrogen (secondary N) is 1. The van der Waals surface area contributed by atoms with Crippen molar-refractivity contribution in [1.82, 2.24) is 0 Å². The van der Waals surface area contributed by atoms with Crippen LogP contribution >= 0.6 is 0 Å². The number of hydrogen-bond donors (Lipinski definition) is 1. The maximum Gasteiger partial charge on any atom is 0.122 e. The van der Waals surface area contributed by atoms with Gasteiger partial charge in [0.25, 0.3) is 0 Å². The second-order valence-electron chi connectivity index (χ2n) is 6.78. The van der Waals surface area contributed by atoms with Gasteiger partial charge in [-0.3, -0.25) is 0 Å². The largest absolute Gasteiger partial charge is 0.490 e. The molecule has 27 heavy (non-hydrogen) atoms. The van der Waals surface area contributed by atoms with Crippen molar-refractivity contribution in [2.45, 2.75) is 27.3 Å². The van der Waals surface area contributed by atoms with E-state index in [4.69, 9.17) is 9.47 Å². The molecule has 3 rings (SSSR count). The van der Waals surface area contributed by atoms with Crippen LogP contribution in [0.5, 0.6) is 11.5 Å². The van der Waals surface area contributed by atoms with E-state index in [1.807, 2.05) is 42.5 Å². The second kappa shape index (κ2) is 9.13. The Balaban J connectivity index is 1.46. The van der Waals surface area contributed by atoms with Gasteiger partial charge in [0, 0.05) is 12.2 Å². The van der Waals surface area contributed by atoms with E-state index in [-0.39, 0.29) is 0 Å². The number of aryl methyl sites for hydroxylation is 3. The molecule has 0 radical (unpaired) electrons. The van der Waals surface area contributed by atoms with Crippen molar-refractivity contribution in [2.24, 2.45) is 0 Å². The third-order valence-corrected chi connectivity index (χ3v) is 4.43. The molecule has 0 aromatic heterocycles. The van der Waals surface area contributed by atoms with Gasteiger partial charge in [0.05, 0.1) is 0 Å². The average molecular weight is 361 g/mol. The highest BCUT2D eigenvalue weighted by Gasteiger charge is 2.04. The van der Waals surface area contributed by atoms with Gasteiger partial charge in [0.2, 0.25) is 0 Å². The predicted molar refractivity (Wildman–Crippen MR) is 112 cm³/mol. The first-order chi connectivity index (χ1) is 13.1. The lowest BCUT2D eigenvalue weighted by Crippen LogP contribution is -2.09. The summed E-state index contributed by atoms with van der Waals surface area (Å²) >= 11 is 0. The molecule has 0 heterocycles. The lowest BCUT2D eigenvalue weighted by atomic mass is 10.0. The highest BCUT2D eigenvalue weighted by atomic mass is 16.5. The fraction of sp³-hybridized carbons (Fsp3) is 0.250. The van der Waals surface area contributed by atoms with Crippen LogP contribution in [0.25, 0.3) is 0 Å². The zero-order valence-electron chi connectivity index (χ0n) is 16.3. The van der Waals surface area contributed by atoms with E-state index in [0.29, 0.717) is 13.2 Å². The zero-order valence-corrected chi connectivity index (χ0v) is 16.3. The quantitative estimate of drug-likeness (QED) is 0.524. The molecule has 0 amide bonds. The van der Waals surface area contributed by atoms with Crippen molar-refractivity contribution in [1.29, 1.82) is 0 Å². The SMILES string of the molecule is Cc1cc(C)c(NCc2ccc(OCCOc3ccccc3)cc2)c(C)c1. The highest BCUT2D eigenvalue weighted by molar-refractivity contribution is 5.58. The molecule has 0 aliphatic carbocycles. The third kappa shape index (κ3) is 5.52. The molecule has 3 aromatic carbocycles. The van der Waals surface area contributed by atoms with Gasteiger partial charge >= 0.3 is 0 Å². The molecule has 0 unspecified atom stereocenters. The Bertz CT molecular complexity index is 834. The minimum Gasteiger partial charge on any atom is -0.490 e. The van der Waals surface area contributed by atoms with E-state index in [1.165, 1.54) is 27.9 Å². The first-order valence-corrected chi connectivity index (χ1v) is 9.33. The Hall–Kier alpha value is -2.94. The van der Waals surface area contributed by atoms with E-state index in [9.17, 15) is 0 Å². The van der Waals surface area contributed by atoms with Crippen molar-refractivity contribution in [3.05, 3.63) is 89.0 Å². The Kier molecular flexibility index (Phi) is 6.37. The smallest absolute Gasteiger partial charge is 0.122 e. The first-order valence-electron chi connectivity index (χ1n) is 9.33. The van der Waals surface area contributed by atoms with E-state index in [1.54, 1.807) is 0 Å². The van der Waals surface area contributed by atoms with Crippen LogP contribution in [0.1, 0.15) is 22.3 Å². The Morgan fingerprint density at radius 2 is 1.26 bits per heavy atom. The minimum absolute atomic E-state index is 0.522. The summed E-state index contributed by atoms with van der Waals surface area (Å²) in [5, 5.41) is 3.55. The van der Waals surface area contributed by atoms with Gasteiger partial charge in [-0.25, -0.2) is 0 Å². The fourth-order valence-corrected chi connectivity index (χ4v) is 3.19. The summed E-state index contributed by atoms with van der Waals surface area (Å²) < 4.78 is 11.4. The van der Waals surface area contributed by atoms with Crippen LogP contribution in [-0.4, -0.2) is 13.2 Å². The first kappa shape index (κ1) is 18.8. The summed E-state index contributed by atoms with van der Waals surface area (Å²) in [6.45, 7) is 8.27. The average Bonchev–Trinajstić information content (AvgIpc) is 2.66. The number of anilines is 1. The molecule has 0 spiro atoms. The van der Waals surface area contributed by atoms with Crippen molar-refractivity contribution in [3.63, 3.8) is 0 Å². The lowest BCUT2D eigenvalue weighted by molar-refractivity contribution is 0.217. The topological polar surface area (TPSA) is 30.5 Å². The molecule has 140 valence electrons. The summed E-state index contributed by atoms with van der Waals surface area (Å²) in [7, 11) is 0. The van der Waals surface area contributed by atoms with Gasteiger partial charge in [-0.1, -0.05) is 48.0 Å². The van der Waals surface area contributed by atoms with Gasteiger partial charge in [-0.15, -0.1) is 0 Å². The van der Waals surface area contributed by atoms with Crippen LogP contribution in [-0.2, 0) is 6.54 Å². The number of hydrogen-bond acceptors (Lipinski definition) is 3. The molecule has 0 aliphatic rings. The van der Waals surface area contributed by atoms with Crippen LogP contribution < -0.4 is 14.8 Å². The molecular weight excluding hydrogens is 334 g/mol. The molecular formula is C24H27NO2. The maximum atomic E-state index is 5.75. The standard InChI is InChI=1S/C24H27NO2/c1-18-15-19(2)24(20(3)16-18)25-17-21-9-11-23(12-10-21)27-14-13-26-22-7-5-4-6-8-22/h4-12,15-16,25H,13-14,17H2,1-3H3. The Labute approximate surface area is 162 Å². The normalized spacial score (nSPS) is 10.5. The number of benzene rings is 3. The van der Waals surface area contributed by atoms with Crippen LogP contribution in [0.4, 0.5) is 5.69 Å². The van der Waals surface area contributed by atoms with E-state index < -0.39 is 0 Å².